The second kappa shape index (κ2) is 9.18. The Morgan fingerprint density at radius 3 is 2.31 bits per heavy atom. The van der Waals surface area contributed by atoms with Gasteiger partial charge in [-0.25, -0.2) is 4.39 Å². The third-order valence-electron chi connectivity index (χ3n) is 7.26. The Bertz CT molecular complexity index is 1270. The van der Waals surface area contributed by atoms with Crippen LogP contribution in [0.2, 0.25) is 10.4 Å². The van der Waals surface area contributed by atoms with Gasteiger partial charge in [0.25, 0.3) is 0 Å². The first-order valence-electron chi connectivity index (χ1n) is 11.9. The van der Waals surface area contributed by atoms with Crippen LogP contribution >= 0.6 is 0 Å². The minimum atomic E-state index is -1.64. The van der Waals surface area contributed by atoms with E-state index in [0.717, 1.165) is 30.3 Å². The zero-order valence-electron chi connectivity index (χ0n) is 20.0. The number of anilines is 1. The normalized spacial score (nSPS) is 22.8. The lowest BCUT2D eigenvalue weighted by molar-refractivity contribution is 0.0343. The molecule has 3 heterocycles. The van der Waals surface area contributed by atoms with Crippen molar-refractivity contribution in [2.45, 2.75) is 41.2 Å². The van der Waals surface area contributed by atoms with Crippen molar-refractivity contribution < 1.29 is 13.9 Å². The van der Waals surface area contributed by atoms with Gasteiger partial charge < -0.3 is 24.8 Å². The number of benzene rings is 2. The molecule has 1 atom stereocenters. The lowest BCUT2D eigenvalue weighted by Crippen LogP contribution is -2.59. The van der Waals surface area contributed by atoms with Crippen molar-refractivity contribution in [3.05, 3.63) is 59.5 Å². The van der Waals surface area contributed by atoms with Crippen LogP contribution in [0, 0.1) is 11.2 Å². The molecule has 2 aromatic carbocycles. The highest BCUT2D eigenvalue weighted by Crippen LogP contribution is 2.57. The molecule has 0 saturated carbocycles. The number of nitrogens with zero attached hydrogens (tertiary/aromatic N) is 1. The Labute approximate surface area is 217 Å². The standard InChI is InChI=1S/C25H23B5FN3O2/c26-23(27)13-35-14-24(28,29)25(23,30)21-11-15-9-19(33-22-3-1-2-8-36-22)16(12-32)10-20(15)34(21)18-6-4-17(31)5-7-18/h4-7,9-12,22,32-33H,1-3,8,13-14H2. The third kappa shape index (κ3) is 4.05. The number of fused-ring (bicyclic) bond motifs is 1. The lowest BCUT2D eigenvalue weighted by Gasteiger charge is -2.60. The van der Waals surface area contributed by atoms with Gasteiger partial charge in [-0.05, 0) is 67.0 Å². The zero-order chi connectivity index (χ0) is 25.7. The second-order valence-electron chi connectivity index (χ2n) is 9.87. The van der Waals surface area contributed by atoms with Crippen molar-refractivity contribution in [2.75, 3.05) is 25.1 Å². The van der Waals surface area contributed by atoms with E-state index in [1.807, 2.05) is 22.8 Å². The van der Waals surface area contributed by atoms with Gasteiger partial charge in [0.15, 0.2) is 0 Å². The molecule has 0 amide bonds. The number of nitrogens with one attached hydrogen (secondary N) is 2. The molecule has 10 radical (unpaired) electrons. The summed E-state index contributed by atoms with van der Waals surface area (Å²) >= 11 is 0. The van der Waals surface area contributed by atoms with Crippen LogP contribution in [-0.4, -0.2) is 76.1 Å². The fourth-order valence-electron chi connectivity index (χ4n) is 5.23. The molecule has 2 saturated heterocycles. The van der Waals surface area contributed by atoms with E-state index in [0.29, 0.717) is 29.1 Å². The van der Waals surface area contributed by atoms with E-state index in [9.17, 15) is 4.39 Å². The van der Waals surface area contributed by atoms with Gasteiger partial charge in [0.05, 0.1) is 44.7 Å². The van der Waals surface area contributed by atoms with E-state index in [4.69, 9.17) is 54.1 Å². The van der Waals surface area contributed by atoms with Crippen molar-refractivity contribution in [3.63, 3.8) is 0 Å². The molecule has 1 aromatic heterocycles. The van der Waals surface area contributed by atoms with Crippen molar-refractivity contribution in [1.82, 2.24) is 4.57 Å². The topological polar surface area (TPSA) is 59.3 Å². The van der Waals surface area contributed by atoms with Gasteiger partial charge in [-0.1, -0.05) is 10.4 Å². The van der Waals surface area contributed by atoms with Crippen LogP contribution in [0.1, 0.15) is 30.5 Å². The molecule has 5 rings (SSSR count). The molecule has 2 aliphatic rings. The second-order valence-corrected chi connectivity index (χ2v) is 9.87. The van der Waals surface area contributed by atoms with E-state index in [1.165, 1.54) is 18.3 Å². The molecule has 0 spiro atoms. The van der Waals surface area contributed by atoms with Gasteiger partial charge in [-0.2, -0.15) is 0 Å². The van der Waals surface area contributed by atoms with Gasteiger partial charge in [-0.3, -0.25) is 0 Å². The van der Waals surface area contributed by atoms with Crippen molar-refractivity contribution in [3.8, 4) is 5.69 Å². The number of halogens is 1. The van der Waals surface area contributed by atoms with E-state index in [-0.39, 0.29) is 25.3 Å². The van der Waals surface area contributed by atoms with E-state index in [1.54, 1.807) is 12.1 Å². The summed E-state index contributed by atoms with van der Waals surface area (Å²) in [4.78, 5) is 0. The Hall–Kier alpha value is -2.38. The predicted molar refractivity (Wildman–Crippen MR) is 145 cm³/mol. The summed E-state index contributed by atoms with van der Waals surface area (Å²) in [5.41, 5.74) is 3.14. The van der Waals surface area contributed by atoms with Crippen LogP contribution in [0.4, 0.5) is 10.1 Å². The summed E-state index contributed by atoms with van der Waals surface area (Å²) in [5, 5.41) is 7.36. The van der Waals surface area contributed by atoms with Crippen LogP contribution in [0.15, 0.2) is 42.5 Å². The number of hydrogen-bond acceptors (Lipinski definition) is 4. The Morgan fingerprint density at radius 1 is 1.00 bits per heavy atom. The first-order chi connectivity index (χ1) is 17.1. The predicted octanol–water partition coefficient (Wildman–Crippen LogP) is 3.01. The quantitative estimate of drug-likeness (QED) is 0.445. The third-order valence-corrected chi connectivity index (χ3v) is 7.26. The summed E-state index contributed by atoms with van der Waals surface area (Å²) in [6.07, 6.45) is 4.08. The summed E-state index contributed by atoms with van der Waals surface area (Å²) in [7, 11) is 33.0. The van der Waals surface area contributed by atoms with Crippen molar-refractivity contribution >= 4 is 62.0 Å². The van der Waals surface area contributed by atoms with E-state index < -0.39 is 15.7 Å². The average molecular weight is 471 g/mol. The minimum absolute atomic E-state index is 0.0673. The molecule has 2 aliphatic heterocycles. The fourth-order valence-corrected chi connectivity index (χ4v) is 5.23. The molecule has 2 N–H and O–H groups in total. The zero-order valence-corrected chi connectivity index (χ0v) is 20.0. The van der Waals surface area contributed by atoms with Crippen molar-refractivity contribution in [2.24, 2.45) is 0 Å². The van der Waals surface area contributed by atoms with Crippen LogP contribution in [0.3, 0.4) is 0 Å². The first kappa shape index (κ1) is 25.3. The van der Waals surface area contributed by atoms with Crippen LogP contribution < -0.4 is 5.32 Å². The molecule has 0 aliphatic carbocycles. The largest absolute Gasteiger partial charge is 0.383 e. The van der Waals surface area contributed by atoms with Gasteiger partial charge in [0.1, 0.15) is 12.0 Å². The van der Waals surface area contributed by atoms with Gasteiger partial charge in [0.2, 0.25) is 0 Å². The lowest BCUT2D eigenvalue weighted by atomic mass is 9.22. The highest BCUT2D eigenvalue weighted by molar-refractivity contribution is 6.52. The maximum Gasteiger partial charge on any atom is 0.127 e. The maximum absolute atomic E-state index is 13.8. The van der Waals surface area contributed by atoms with Crippen LogP contribution in [0.5, 0.6) is 0 Å². The molecular formula is C25H23B5FN3O2. The van der Waals surface area contributed by atoms with Crippen molar-refractivity contribution in [1.29, 1.82) is 5.41 Å². The first-order valence-corrected chi connectivity index (χ1v) is 11.9. The number of hydrogen-bond donors (Lipinski definition) is 2. The molecule has 1 unspecified atom stereocenters. The van der Waals surface area contributed by atoms with E-state index >= 15 is 0 Å². The smallest absolute Gasteiger partial charge is 0.127 e. The highest BCUT2D eigenvalue weighted by Gasteiger charge is 2.54. The summed E-state index contributed by atoms with van der Waals surface area (Å²) in [5.74, 6) is -0.386. The Kier molecular flexibility index (Phi) is 6.45. The highest BCUT2D eigenvalue weighted by atomic mass is 19.1. The Morgan fingerprint density at radius 2 is 1.69 bits per heavy atom. The summed E-state index contributed by atoms with van der Waals surface area (Å²) in [6.45, 7) is 0.553. The number of aromatic nitrogens is 1. The Balaban J connectivity index is 1.76. The summed E-state index contributed by atoms with van der Waals surface area (Å²) in [6, 6.07) is 11.6. The van der Waals surface area contributed by atoms with Gasteiger partial charge >= 0.3 is 0 Å². The fraction of sp³-hybridized carbons (Fsp3) is 0.400. The molecule has 5 nitrogen and oxygen atoms in total. The molecule has 2 fully saturated rings. The number of rotatable bonds is 5. The number of ether oxygens (including phenoxy) is 2. The van der Waals surface area contributed by atoms with E-state index in [2.05, 4.69) is 5.32 Å². The van der Waals surface area contributed by atoms with Crippen LogP contribution in [-0.2, 0) is 14.8 Å². The van der Waals surface area contributed by atoms with Crippen LogP contribution in [0.25, 0.3) is 16.6 Å². The molecule has 0 bridgehead atoms. The monoisotopic (exact) mass is 471 g/mol. The molecular weight excluding hydrogens is 447 g/mol. The van der Waals surface area contributed by atoms with Gasteiger partial charge in [-0.15, -0.1) is 0 Å². The molecule has 36 heavy (non-hydrogen) atoms. The summed E-state index contributed by atoms with van der Waals surface area (Å²) < 4.78 is 27.0. The SMILES string of the molecule is [B]C1([B])COCC([B])([B])C1([B])c1cc2cc(NC3CCCCO3)c(C=N)cc2n1-c1ccc(F)cc1. The maximum atomic E-state index is 13.8. The molecule has 172 valence electrons. The molecule has 3 aromatic rings. The van der Waals surface area contributed by atoms with Gasteiger partial charge in [0, 0.05) is 54.1 Å². The molecule has 11 heteroatoms. The average Bonchev–Trinajstić information content (AvgIpc) is 3.21. The minimum Gasteiger partial charge on any atom is -0.383 e.